The van der Waals surface area contributed by atoms with Crippen LogP contribution < -0.4 is 0 Å². The van der Waals surface area contributed by atoms with E-state index < -0.39 is 0 Å². The van der Waals surface area contributed by atoms with Crippen molar-refractivity contribution in [3.8, 4) is 0 Å². The molecule has 9 heavy (non-hydrogen) atoms. The number of hydrogen-bond acceptors (Lipinski definition) is 1. The van der Waals surface area contributed by atoms with Gasteiger partial charge in [0.1, 0.15) is 0 Å². The number of nitrogens with zero attached hydrogens (tertiary/aromatic N) is 1. The van der Waals surface area contributed by atoms with Gasteiger partial charge in [0.2, 0.25) is 0 Å². The predicted molar refractivity (Wildman–Crippen MR) is 38.6 cm³/mol. The van der Waals surface area contributed by atoms with E-state index in [4.69, 9.17) is 0 Å². The average Bonchev–Trinajstić information content (AvgIpc) is 1.96. The van der Waals surface area contributed by atoms with E-state index in [1.807, 2.05) is 18.2 Å². The summed E-state index contributed by atoms with van der Waals surface area (Å²) >= 11 is 1.69. The molecule has 0 bridgehead atoms. The molecule has 1 aromatic heterocycles. The van der Waals surface area contributed by atoms with Crippen LogP contribution in [0.2, 0.25) is 5.71 Å². The Morgan fingerprint density at radius 2 is 1.44 bits per heavy atom. The van der Waals surface area contributed by atoms with Crippen molar-refractivity contribution in [2.75, 3.05) is 0 Å². The summed E-state index contributed by atoms with van der Waals surface area (Å²) in [6.45, 7) is 0. The van der Waals surface area contributed by atoms with Crippen LogP contribution >= 0.6 is 0 Å². The van der Waals surface area contributed by atoms with Crippen molar-refractivity contribution in [3.05, 3.63) is 30.6 Å². The smallest absolute Gasteiger partial charge is 0.0267 e. The Kier molecular flexibility index (Phi) is 14.8. The largest absolute Gasteiger partial charge is 0.265 e. The number of hydrogen-bond donors (Lipinski definition) is 0. The molecule has 0 aliphatic rings. The molecular formula is C6H10AsCrN. The summed E-state index contributed by atoms with van der Waals surface area (Å²) < 4.78 is 0. The van der Waals surface area contributed by atoms with Crippen LogP contribution in [-0.2, 0) is 17.4 Å². The monoisotopic (exact) mass is 223 g/mol. The van der Waals surface area contributed by atoms with E-state index in [-0.39, 0.29) is 17.4 Å². The van der Waals surface area contributed by atoms with Gasteiger partial charge in [0.15, 0.2) is 0 Å². The summed E-state index contributed by atoms with van der Waals surface area (Å²) in [6.07, 6.45) is 3.50. The molecule has 0 aromatic carbocycles. The first-order valence-corrected chi connectivity index (χ1v) is 4.85. The maximum absolute atomic E-state index is 3.78. The van der Waals surface area contributed by atoms with Crippen molar-refractivity contribution >= 4 is 16.9 Å². The first-order chi connectivity index (χ1) is 4.00. The van der Waals surface area contributed by atoms with Crippen LogP contribution in [-0.4, -0.2) is 21.8 Å². The predicted octanol–water partition coefficient (Wildman–Crippen LogP) is 0.747. The summed E-state index contributed by atoms with van der Waals surface area (Å²) in [6, 6.07) is 5.72. The maximum atomic E-state index is 3.78. The second-order valence-corrected chi connectivity index (χ2v) is 1.02. The van der Waals surface area contributed by atoms with Crippen molar-refractivity contribution in [1.82, 2.24) is 4.98 Å². The molecule has 1 atom stereocenters. The van der Waals surface area contributed by atoms with Crippen LogP contribution in [0.3, 0.4) is 0 Å². The summed E-state index contributed by atoms with van der Waals surface area (Å²) in [5, 5.41) is 0. The van der Waals surface area contributed by atoms with E-state index in [1.165, 1.54) is 0 Å². The first-order valence-electron chi connectivity index (χ1n) is 2.43. The Morgan fingerprint density at radius 1 is 1.00 bits per heavy atom. The zero-order chi connectivity index (χ0) is 6.24. The molecule has 1 aromatic rings. The third-order valence-corrected chi connectivity index (χ3v) is 0.566. The molecule has 1 nitrogen and oxygen atoms in total. The molecule has 1 heterocycles. The van der Waals surface area contributed by atoms with Gasteiger partial charge in [0.05, 0.1) is 0 Å². The zero-order valence-corrected chi connectivity index (χ0v) is 9.02. The van der Waals surface area contributed by atoms with E-state index in [9.17, 15) is 0 Å². The van der Waals surface area contributed by atoms with Gasteiger partial charge in [-0.3, -0.25) is 4.98 Å². The van der Waals surface area contributed by atoms with Gasteiger partial charge in [0, 0.05) is 29.8 Å². The SMILES string of the molecule is C[AsH2].[Cr].c1ccncc1. The van der Waals surface area contributed by atoms with Crippen molar-refractivity contribution < 1.29 is 17.4 Å². The summed E-state index contributed by atoms with van der Waals surface area (Å²) in [5.41, 5.74) is 2.06. The van der Waals surface area contributed by atoms with Crippen LogP contribution in [0.1, 0.15) is 0 Å². The Balaban J connectivity index is 0. The fourth-order valence-corrected chi connectivity index (χ4v) is 0.313. The summed E-state index contributed by atoms with van der Waals surface area (Å²) in [7, 11) is 0. The molecule has 0 fully saturated rings. The van der Waals surface area contributed by atoms with E-state index in [0.29, 0.717) is 0 Å². The number of pyridine rings is 1. The molecular weight excluding hydrogens is 213 g/mol. The molecule has 3 heteroatoms. The molecule has 0 aliphatic heterocycles. The van der Waals surface area contributed by atoms with E-state index >= 15 is 0 Å². The van der Waals surface area contributed by atoms with Gasteiger partial charge in [0.25, 0.3) is 0 Å². The van der Waals surface area contributed by atoms with Gasteiger partial charge >= 0.3 is 22.6 Å². The van der Waals surface area contributed by atoms with Gasteiger partial charge in [-0.05, 0) is 12.1 Å². The Morgan fingerprint density at radius 3 is 1.56 bits per heavy atom. The minimum atomic E-state index is 0. The molecule has 0 aliphatic carbocycles. The molecule has 0 spiro atoms. The molecule has 1 rings (SSSR count). The van der Waals surface area contributed by atoms with E-state index in [1.54, 1.807) is 29.2 Å². The fourth-order valence-electron chi connectivity index (χ4n) is 0.313. The Hall–Kier alpha value is 0.241. The fraction of sp³-hybridized carbons (Fsp3) is 0.167. The number of rotatable bonds is 0. The molecule has 50 valence electrons. The van der Waals surface area contributed by atoms with Gasteiger partial charge < -0.3 is 0 Å². The summed E-state index contributed by atoms with van der Waals surface area (Å²) in [4.78, 5) is 3.78. The molecule has 0 saturated heterocycles. The zero-order valence-electron chi connectivity index (χ0n) is 5.32. The summed E-state index contributed by atoms with van der Waals surface area (Å²) in [5.74, 6) is 0. The molecule has 0 radical (unpaired) electrons. The first kappa shape index (κ1) is 12.0. The van der Waals surface area contributed by atoms with Gasteiger partial charge in [-0.1, -0.05) is 6.07 Å². The van der Waals surface area contributed by atoms with Gasteiger partial charge in [-0.25, -0.2) is 0 Å². The average molecular weight is 223 g/mol. The van der Waals surface area contributed by atoms with Crippen LogP contribution in [0.5, 0.6) is 0 Å². The topological polar surface area (TPSA) is 12.9 Å². The van der Waals surface area contributed by atoms with Crippen molar-refractivity contribution in [2.24, 2.45) is 0 Å². The van der Waals surface area contributed by atoms with Crippen molar-refractivity contribution in [3.63, 3.8) is 0 Å². The van der Waals surface area contributed by atoms with E-state index in [0.717, 1.165) is 0 Å². The minimum Gasteiger partial charge on any atom is -0.265 e. The third-order valence-electron chi connectivity index (χ3n) is 0.566. The second-order valence-electron chi connectivity index (χ2n) is 1.02. The molecule has 0 saturated carbocycles. The Bertz CT molecular complexity index is 85.0. The molecule has 0 amide bonds. The normalized spacial score (nSPS) is 6.00. The van der Waals surface area contributed by atoms with Gasteiger partial charge in [-0.15, -0.1) is 0 Å². The van der Waals surface area contributed by atoms with Crippen LogP contribution in [0, 0.1) is 0 Å². The van der Waals surface area contributed by atoms with E-state index in [2.05, 4.69) is 10.7 Å². The van der Waals surface area contributed by atoms with Gasteiger partial charge in [-0.2, -0.15) is 0 Å². The maximum Gasteiger partial charge on any atom is 0.0267 e. The Labute approximate surface area is 75.5 Å². The van der Waals surface area contributed by atoms with Crippen LogP contribution in [0.15, 0.2) is 30.6 Å². The quantitative estimate of drug-likeness (QED) is 0.591. The third kappa shape index (κ3) is 8.24. The van der Waals surface area contributed by atoms with Crippen molar-refractivity contribution in [1.29, 1.82) is 0 Å². The van der Waals surface area contributed by atoms with Crippen LogP contribution in [0.4, 0.5) is 0 Å². The standard InChI is InChI=1S/C5H5N.CH5As.Cr/c1-2-4-6-5-3-1;1-2;/h1-5H;2H2,1H3;. The minimum absolute atomic E-state index is 0. The van der Waals surface area contributed by atoms with Crippen molar-refractivity contribution in [2.45, 2.75) is 5.71 Å². The molecule has 0 N–H and O–H groups in total. The number of aromatic nitrogens is 1. The second kappa shape index (κ2) is 11.1. The molecule has 1 unspecified atom stereocenters. The van der Waals surface area contributed by atoms with Crippen LogP contribution in [0.25, 0.3) is 0 Å².